The molecule has 86 valence electrons. The molecule has 4 heteroatoms. The number of alkyl halides is 1. The maximum Gasteiger partial charge on any atom is 0.149 e. The van der Waals surface area contributed by atoms with Gasteiger partial charge in [0, 0.05) is 14.5 Å². The molecule has 1 aliphatic carbocycles. The average Bonchev–Trinajstić information content (AvgIpc) is 3.04. The van der Waals surface area contributed by atoms with Gasteiger partial charge in [-0.1, -0.05) is 33.6 Å². The Bertz CT molecular complexity index is 417. The highest BCUT2D eigenvalue weighted by molar-refractivity contribution is 14.1. The van der Waals surface area contributed by atoms with Gasteiger partial charge in [0.05, 0.1) is 4.83 Å². The fourth-order valence-corrected chi connectivity index (χ4v) is 3.42. The summed E-state index contributed by atoms with van der Waals surface area (Å²) in [5.41, 5.74) is 1.18. The van der Waals surface area contributed by atoms with E-state index in [0.29, 0.717) is 11.7 Å². The van der Waals surface area contributed by atoms with Crippen LogP contribution >= 0.6 is 50.1 Å². The van der Waals surface area contributed by atoms with Crippen LogP contribution in [0, 0.1) is 9.49 Å². The highest BCUT2D eigenvalue weighted by Gasteiger charge is 2.33. The second-order valence-electron chi connectivity index (χ2n) is 4.08. The lowest BCUT2D eigenvalue weighted by molar-refractivity contribution is -0.119. The van der Waals surface area contributed by atoms with E-state index in [4.69, 9.17) is 11.6 Å². The Labute approximate surface area is 122 Å². The summed E-state index contributed by atoms with van der Waals surface area (Å²) in [4.78, 5) is 11.8. The highest BCUT2D eigenvalue weighted by atomic mass is 127. The van der Waals surface area contributed by atoms with Crippen molar-refractivity contribution in [1.29, 1.82) is 0 Å². The third kappa shape index (κ3) is 3.20. The minimum atomic E-state index is -0.0466. The molecule has 0 spiro atoms. The molecule has 0 amide bonds. The molecule has 0 bridgehead atoms. The molecular weight excluding hydrogens is 402 g/mol. The standard InChI is InChI=1S/C12H11BrClIO/c13-10(12(16)7-1-2-7)5-8-3-4-9(14)6-11(8)15/h3-4,6-7,10H,1-2,5H2. The quantitative estimate of drug-likeness (QED) is 0.533. The van der Waals surface area contributed by atoms with Gasteiger partial charge in [-0.15, -0.1) is 0 Å². The van der Waals surface area contributed by atoms with Gasteiger partial charge in [-0.25, -0.2) is 0 Å². The van der Waals surface area contributed by atoms with E-state index in [0.717, 1.165) is 27.9 Å². The summed E-state index contributed by atoms with van der Waals surface area (Å²) in [5, 5.41) is 0.743. The number of halogens is 3. The van der Waals surface area contributed by atoms with Crippen molar-refractivity contribution in [2.45, 2.75) is 24.1 Å². The molecule has 1 saturated carbocycles. The molecule has 2 rings (SSSR count). The van der Waals surface area contributed by atoms with E-state index >= 15 is 0 Å². The van der Waals surface area contributed by atoms with Gasteiger partial charge in [-0.3, -0.25) is 4.79 Å². The first-order valence-corrected chi connectivity index (χ1v) is 7.57. The van der Waals surface area contributed by atoms with E-state index in [-0.39, 0.29) is 4.83 Å². The number of ketones is 1. The smallest absolute Gasteiger partial charge is 0.149 e. The summed E-state index contributed by atoms with van der Waals surface area (Å²) < 4.78 is 1.12. The molecule has 1 aliphatic rings. The van der Waals surface area contributed by atoms with Gasteiger partial charge >= 0.3 is 0 Å². The molecule has 1 atom stereocenters. The largest absolute Gasteiger partial charge is 0.298 e. The van der Waals surface area contributed by atoms with Crippen LogP contribution in [0.2, 0.25) is 5.02 Å². The van der Waals surface area contributed by atoms with Crippen molar-refractivity contribution < 1.29 is 4.79 Å². The van der Waals surface area contributed by atoms with Gasteiger partial charge in [0.25, 0.3) is 0 Å². The Morgan fingerprint density at radius 3 is 2.81 bits per heavy atom. The predicted molar refractivity (Wildman–Crippen MR) is 78.3 cm³/mol. The Morgan fingerprint density at radius 2 is 2.25 bits per heavy atom. The van der Waals surface area contributed by atoms with Crippen molar-refractivity contribution in [3.05, 3.63) is 32.4 Å². The van der Waals surface area contributed by atoms with Crippen molar-refractivity contribution >= 4 is 55.9 Å². The second-order valence-corrected chi connectivity index (χ2v) is 6.79. The average molecular weight is 413 g/mol. The topological polar surface area (TPSA) is 17.1 Å². The Kier molecular flexibility index (Phi) is 4.30. The molecule has 0 heterocycles. The summed E-state index contributed by atoms with van der Waals surface area (Å²) >= 11 is 11.6. The number of carbonyl (C=O) groups is 1. The van der Waals surface area contributed by atoms with Gasteiger partial charge < -0.3 is 0 Å². The van der Waals surface area contributed by atoms with Crippen LogP contribution in [-0.4, -0.2) is 10.6 Å². The zero-order chi connectivity index (χ0) is 11.7. The molecule has 16 heavy (non-hydrogen) atoms. The molecule has 1 fully saturated rings. The van der Waals surface area contributed by atoms with Gasteiger partial charge in [-0.2, -0.15) is 0 Å². The fourth-order valence-electron chi connectivity index (χ4n) is 1.60. The molecule has 1 aromatic rings. The second kappa shape index (κ2) is 5.36. The minimum Gasteiger partial charge on any atom is -0.298 e. The summed E-state index contributed by atoms with van der Waals surface area (Å²) in [7, 11) is 0. The first kappa shape index (κ1) is 12.8. The van der Waals surface area contributed by atoms with Gasteiger partial charge in [0.1, 0.15) is 5.78 Å². The molecule has 1 nitrogen and oxygen atoms in total. The van der Waals surface area contributed by atoms with E-state index in [2.05, 4.69) is 38.5 Å². The van der Waals surface area contributed by atoms with Crippen LogP contribution in [0.1, 0.15) is 18.4 Å². The van der Waals surface area contributed by atoms with Gasteiger partial charge in [0.2, 0.25) is 0 Å². The molecule has 0 N–H and O–H groups in total. The SMILES string of the molecule is O=C(C(Br)Cc1ccc(Cl)cc1I)C1CC1. The molecular formula is C12H11BrClIO. The number of carbonyl (C=O) groups excluding carboxylic acids is 1. The van der Waals surface area contributed by atoms with Crippen molar-refractivity contribution in [2.75, 3.05) is 0 Å². The molecule has 0 aromatic heterocycles. The van der Waals surface area contributed by atoms with Crippen LogP contribution in [0.15, 0.2) is 18.2 Å². The number of Topliss-reactive ketones (excluding diaryl/α,β-unsaturated/α-hetero) is 1. The summed E-state index contributed by atoms with van der Waals surface area (Å²) in [6.45, 7) is 0. The Morgan fingerprint density at radius 1 is 1.56 bits per heavy atom. The molecule has 1 unspecified atom stereocenters. The summed E-state index contributed by atoms with van der Waals surface area (Å²) in [6.07, 6.45) is 2.89. The molecule has 0 radical (unpaired) electrons. The maximum absolute atomic E-state index is 11.8. The monoisotopic (exact) mass is 412 g/mol. The lowest BCUT2D eigenvalue weighted by Gasteiger charge is -2.10. The Balaban J connectivity index is 2.05. The molecule has 1 aromatic carbocycles. The van der Waals surface area contributed by atoms with E-state index in [1.807, 2.05) is 18.2 Å². The molecule has 0 aliphatic heterocycles. The summed E-state index contributed by atoms with van der Waals surface area (Å²) in [5.74, 6) is 0.667. The lowest BCUT2D eigenvalue weighted by atomic mass is 10.1. The molecule has 0 saturated heterocycles. The number of benzene rings is 1. The Hall–Kier alpha value is 0.390. The van der Waals surface area contributed by atoms with Gasteiger partial charge in [0.15, 0.2) is 0 Å². The first-order chi connectivity index (χ1) is 7.58. The van der Waals surface area contributed by atoms with Crippen LogP contribution < -0.4 is 0 Å². The van der Waals surface area contributed by atoms with Crippen molar-refractivity contribution in [3.8, 4) is 0 Å². The third-order valence-electron chi connectivity index (χ3n) is 2.70. The van der Waals surface area contributed by atoms with Crippen LogP contribution in [0.3, 0.4) is 0 Å². The van der Waals surface area contributed by atoms with Crippen LogP contribution in [-0.2, 0) is 11.2 Å². The number of hydrogen-bond donors (Lipinski definition) is 0. The van der Waals surface area contributed by atoms with E-state index in [9.17, 15) is 4.79 Å². The summed E-state index contributed by atoms with van der Waals surface area (Å²) in [6, 6.07) is 5.80. The van der Waals surface area contributed by atoms with E-state index < -0.39 is 0 Å². The normalized spacial score (nSPS) is 17.2. The number of hydrogen-bond acceptors (Lipinski definition) is 1. The highest BCUT2D eigenvalue weighted by Crippen LogP contribution is 2.33. The third-order valence-corrected chi connectivity index (χ3v) is 4.72. The van der Waals surface area contributed by atoms with Gasteiger partial charge in [-0.05, 0) is 59.5 Å². The van der Waals surface area contributed by atoms with Crippen LogP contribution in [0.5, 0.6) is 0 Å². The zero-order valence-corrected chi connectivity index (χ0v) is 13.0. The van der Waals surface area contributed by atoms with Crippen molar-refractivity contribution in [1.82, 2.24) is 0 Å². The zero-order valence-electron chi connectivity index (χ0n) is 8.55. The van der Waals surface area contributed by atoms with Crippen molar-refractivity contribution in [3.63, 3.8) is 0 Å². The minimum absolute atomic E-state index is 0.0466. The number of rotatable bonds is 4. The lowest BCUT2D eigenvalue weighted by Crippen LogP contribution is -2.18. The van der Waals surface area contributed by atoms with Crippen LogP contribution in [0.4, 0.5) is 0 Å². The maximum atomic E-state index is 11.8. The predicted octanol–water partition coefficient (Wildman–Crippen LogP) is 4.23. The van der Waals surface area contributed by atoms with Crippen molar-refractivity contribution in [2.24, 2.45) is 5.92 Å². The fraction of sp³-hybridized carbons (Fsp3) is 0.417. The first-order valence-electron chi connectivity index (χ1n) is 5.19. The van der Waals surface area contributed by atoms with Crippen LogP contribution in [0.25, 0.3) is 0 Å². The van der Waals surface area contributed by atoms with E-state index in [1.165, 1.54) is 5.56 Å². The van der Waals surface area contributed by atoms with E-state index in [1.54, 1.807) is 0 Å².